The topological polar surface area (TPSA) is 88.2 Å². The van der Waals surface area contributed by atoms with Gasteiger partial charge in [-0.2, -0.15) is 0 Å². The highest BCUT2D eigenvalue weighted by Crippen LogP contribution is 2.31. The molecule has 27 heavy (non-hydrogen) atoms. The summed E-state index contributed by atoms with van der Waals surface area (Å²) in [5, 5.41) is 2.80. The maximum absolute atomic E-state index is 13.0. The first kappa shape index (κ1) is 19.2. The molecular weight excluding hydrogens is 350 g/mol. The van der Waals surface area contributed by atoms with Crippen LogP contribution in [0.25, 0.3) is 0 Å². The first-order chi connectivity index (χ1) is 12.9. The molecule has 1 N–H and O–H groups in total. The lowest BCUT2D eigenvalue weighted by Gasteiger charge is -2.32. The zero-order valence-corrected chi connectivity index (χ0v) is 15.9. The second kappa shape index (κ2) is 7.56. The van der Waals surface area contributed by atoms with Gasteiger partial charge in [0, 0.05) is 13.1 Å². The number of carbonyl (C=O) groups excluding carboxylic acids is 3. The molecular formula is C19H25N3O5. The molecule has 146 valence electrons. The van der Waals surface area contributed by atoms with Gasteiger partial charge < -0.3 is 14.8 Å². The molecule has 2 saturated heterocycles. The molecule has 2 aliphatic rings. The average Bonchev–Trinajstić information content (AvgIpc) is 2.92. The van der Waals surface area contributed by atoms with Crippen LogP contribution in [0.2, 0.25) is 0 Å². The number of piperidine rings is 1. The van der Waals surface area contributed by atoms with Crippen molar-refractivity contribution in [1.82, 2.24) is 15.1 Å². The summed E-state index contributed by atoms with van der Waals surface area (Å²) >= 11 is 0. The van der Waals surface area contributed by atoms with Gasteiger partial charge in [-0.15, -0.1) is 0 Å². The highest BCUT2D eigenvalue weighted by molar-refractivity contribution is 6.07. The summed E-state index contributed by atoms with van der Waals surface area (Å²) in [4.78, 5) is 40.4. The molecule has 1 atom stereocenters. The molecule has 2 heterocycles. The Morgan fingerprint density at radius 2 is 1.96 bits per heavy atom. The largest absolute Gasteiger partial charge is 0.497 e. The maximum atomic E-state index is 13.0. The summed E-state index contributed by atoms with van der Waals surface area (Å²) in [5.74, 6) is 0.0154. The van der Waals surface area contributed by atoms with Gasteiger partial charge in [-0.25, -0.2) is 9.69 Å². The van der Waals surface area contributed by atoms with Gasteiger partial charge in [0.15, 0.2) is 0 Å². The Morgan fingerprint density at radius 1 is 1.26 bits per heavy atom. The number of methoxy groups -OCH3 is 2. The minimum atomic E-state index is -1.13. The lowest BCUT2D eigenvalue weighted by atomic mass is 9.92. The number of rotatable bonds is 5. The summed E-state index contributed by atoms with van der Waals surface area (Å²) in [7, 11) is 2.95. The molecule has 3 amide bonds. The van der Waals surface area contributed by atoms with E-state index in [9.17, 15) is 14.4 Å². The first-order valence-electron chi connectivity index (χ1n) is 8.98. The Bertz CT molecular complexity index is 745. The number of ether oxygens (including phenoxy) is 2. The Balaban J connectivity index is 1.69. The van der Waals surface area contributed by atoms with E-state index in [1.807, 2.05) is 4.90 Å². The fraction of sp³-hybridized carbons (Fsp3) is 0.526. The fourth-order valence-electron chi connectivity index (χ4n) is 3.63. The predicted octanol–water partition coefficient (Wildman–Crippen LogP) is 1.30. The second-order valence-corrected chi connectivity index (χ2v) is 7.08. The van der Waals surface area contributed by atoms with E-state index >= 15 is 0 Å². The van der Waals surface area contributed by atoms with E-state index in [1.165, 1.54) is 12.0 Å². The van der Waals surface area contributed by atoms with Crippen molar-refractivity contribution in [2.75, 3.05) is 34.0 Å². The molecule has 0 saturated carbocycles. The Hall–Kier alpha value is -2.61. The van der Waals surface area contributed by atoms with E-state index < -0.39 is 11.6 Å². The molecule has 0 aliphatic carbocycles. The number of urea groups is 1. The van der Waals surface area contributed by atoms with Crippen molar-refractivity contribution in [2.45, 2.75) is 25.3 Å². The zero-order valence-electron chi connectivity index (χ0n) is 15.9. The van der Waals surface area contributed by atoms with Crippen LogP contribution in [0.3, 0.4) is 0 Å². The SMILES string of the molecule is COC(=O)C1CCN(CN2C(=O)N[C@](C)(c3cccc(OC)c3)C2=O)CC1. The third-order valence-corrected chi connectivity index (χ3v) is 5.39. The summed E-state index contributed by atoms with van der Waals surface area (Å²) in [6.45, 7) is 3.17. The molecule has 1 aromatic rings. The van der Waals surface area contributed by atoms with Gasteiger partial charge in [0.25, 0.3) is 5.91 Å². The lowest BCUT2D eigenvalue weighted by molar-refractivity contribution is -0.147. The maximum Gasteiger partial charge on any atom is 0.326 e. The zero-order chi connectivity index (χ0) is 19.6. The minimum absolute atomic E-state index is 0.114. The Morgan fingerprint density at radius 3 is 2.59 bits per heavy atom. The number of hydrogen-bond donors (Lipinski definition) is 1. The molecule has 1 aromatic carbocycles. The molecule has 2 aliphatic heterocycles. The molecule has 8 heteroatoms. The van der Waals surface area contributed by atoms with Crippen LogP contribution in [0.15, 0.2) is 24.3 Å². The van der Waals surface area contributed by atoms with E-state index in [-0.39, 0.29) is 24.5 Å². The van der Waals surface area contributed by atoms with Crippen LogP contribution < -0.4 is 10.1 Å². The van der Waals surface area contributed by atoms with Crippen molar-refractivity contribution in [1.29, 1.82) is 0 Å². The number of esters is 1. The minimum Gasteiger partial charge on any atom is -0.497 e. The second-order valence-electron chi connectivity index (χ2n) is 7.08. The molecule has 0 aromatic heterocycles. The Kier molecular flexibility index (Phi) is 5.36. The molecule has 0 unspecified atom stereocenters. The standard InChI is InChI=1S/C19H25N3O5/c1-19(14-5-4-6-15(11-14)26-2)17(24)22(18(25)20-19)12-21-9-7-13(8-10-21)16(23)27-3/h4-6,11,13H,7-10,12H2,1-3H3,(H,20,25)/t19-/m1/s1. The van der Waals surface area contributed by atoms with Gasteiger partial charge in [-0.05, 0) is 37.5 Å². The summed E-state index contributed by atoms with van der Waals surface area (Å²) < 4.78 is 10.0. The third kappa shape index (κ3) is 3.62. The molecule has 0 radical (unpaired) electrons. The van der Waals surface area contributed by atoms with Crippen molar-refractivity contribution in [3.63, 3.8) is 0 Å². The molecule has 2 fully saturated rings. The Labute approximate surface area is 158 Å². The quantitative estimate of drug-likeness (QED) is 0.617. The number of likely N-dealkylation sites (tertiary alicyclic amines) is 1. The van der Waals surface area contributed by atoms with Crippen molar-refractivity contribution in [2.24, 2.45) is 5.92 Å². The normalized spacial score (nSPS) is 24.0. The molecule has 0 bridgehead atoms. The third-order valence-electron chi connectivity index (χ3n) is 5.39. The molecule has 8 nitrogen and oxygen atoms in total. The van der Waals surface area contributed by atoms with Crippen molar-refractivity contribution < 1.29 is 23.9 Å². The highest BCUT2D eigenvalue weighted by atomic mass is 16.5. The fourth-order valence-corrected chi connectivity index (χ4v) is 3.63. The van der Waals surface area contributed by atoms with Gasteiger partial charge in [0.05, 0.1) is 26.8 Å². The van der Waals surface area contributed by atoms with Crippen molar-refractivity contribution >= 4 is 17.9 Å². The number of carbonyl (C=O) groups is 3. The van der Waals surface area contributed by atoms with Gasteiger partial charge in [0.2, 0.25) is 0 Å². The van der Waals surface area contributed by atoms with Crippen LogP contribution in [-0.4, -0.2) is 61.7 Å². The number of benzene rings is 1. The number of hydrogen-bond acceptors (Lipinski definition) is 6. The number of amides is 3. The number of imide groups is 1. The average molecular weight is 375 g/mol. The predicted molar refractivity (Wildman–Crippen MR) is 96.9 cm³/mol. The summed E-state index contributed by atoms with van der Waals surface area (Å²) in [5.41, 5.74) is -0.456. The van der Waals surface area contributed by atoms with Crippen LogP contribution in [0, 0.1) is 5.92 Å². The van der Waals surface area contributed by atoms with Crippen molar-refractivity contribution in [3.05, 3.63) is 29.8 Å². The monoisotopic (exact) mass is 375 g/mol. The van der Waals surface area contributed by atoms with Gasteiger partial charge in [0.1, 0.15) is 11.3 Å². The lowest BCUT2D eigenvalue weighted by Crippen LogP contribution is -2.46. The molecule has 0 spiro atoms. The van der Waals surface area contributed by atoms with Gasteiger partial charge >= 0.3 is 12.0 Å². The van der Waals surface area contributed by atoms with E-state index in [0.717, 1.165) is 0 Å². The van der Waals surface area contributed by atoms with E-state index in [2.05, 4.69) is 5.32 Å². The summed E-state index contributed by atoms with van der Waals surface area (Å²) in [6.07, 6.45) is 1.31. The van der Waals surface area contributed by atoms with E-state index in [4.69, 9.17) is 9.47 Å². The molecule has 3 rings (SSSR count). The first-order valence-corrected chi connectivity index (χ1v) is 8.98. The number of nitrogens with one attached hydrogen (secondary N) is 1. The number of nitrogens with zero attached hydrogens (tertiary/aromatic N) is 2. The van der Waals surface area contributed by atoms with Crippen LogP contribution in [0.1, 0.15) is 25.3 Å². The van der Waals surface area contributed by atoms with Crippen LogP contribution in [0.4, 0.5) is 4.79 Å². The van der Waals surface area contributed by atoms with E-state index in [0.29, 0.717) is 37.2 Å². The highest BCUT2D eigenvalue weighted by Gasteiger charge is 2.49. The van der Waals surface area contributed by atoms with Crippen LogP contribution in [-0.2, 0) is 19.9 Å². The van der Waals surface area contributed by atoms with Crippen LogP contribution >= 0.6 is 0 Å². The van der Waals surface area contributed by atoms with Gasteiger partial charge in [-0.3, -0.25) is 14.5 Å². The summed E-state index contributed by atoms with van der Waals surface area (Å²) in [6, 6.07) is 6.71. The smallest absolute Gasteiger partial charge is 0.326 e. The van der Waals surface area contributed by atoms with E-state index in [1.54, 1.807) is 38.3 Å². The van der Waals surface area contributed by atoms with Crippen molar-refractivity contribution in [3.8, 4) is 5.75 Å². The van der Waals surface area contributed by atoms with Gasteiger partial charge in [-0.1, -0.05) is 12.1 Å². The van der Waals surface area contributed by atoms with Crippen LogP contribution in [0.5, 0.6) is 5.75 Å².